The zero-order valence-electron chi connectivity index (χ0n) is 11.7. The number of nitrogens with zero attached hydrogens (tertiary/aromatic N) is 2. The average Bonchev–Trinajstić information content (AvgIpc) is 2.82. The molecule has 2 heterocycles. The second kappa shape index (κ2) is 6.31. The summed E-state index contributed by atoms with van der Waals surface area (Å²) in [5.74, 6) is -1.24. The van der Waals surface area contributed by atoms with Gasteiger partial charge in [-0.05, 0) is 48.0 Å². The van der Waals surface area contributed by atoms with E-state index in [0.717, 1.165) is 5.56 Å². The molecule has 1 aromatic carbocycles. The molecule has 0 saturated carbocycles. The molecule has 1 aromatic heterocycles. The first kappa shape index (κ1) is 15.4. The molecular weight excluding hydrogens is 332 g/mol. The molecule has 5 nitrogen and oxygen atoms in total. The van der Waals surface area contributed by atoms with E-state index in [0.29, 0.717) is 14.9 Å². The summed E-state index contributed by atoms with van der Waals surface area (Å²) >= 11 is 6.49. The molecule has 23 heavy (non-hydrogen) atoms. The summed E-state index contributed by atoms with van der Waals surface area (Å²) in [6.45, 7) is 0. The van der Waals surface area contributed by atoms with Crippen LogP contribution in [0.25, 0.3) is 6.08 Å². The van der Waals surface area contributed by atoms with E-state index in [9.17, 15) is 9.59 Å². The number of carboxylic acids is 1. The molecule has 2 aromatic rings. The van der Waals surface area contributed by atoms with Crippen molar-refractivity contribution in [3.05, 3.63) is 64.8 Å². The molecule has 1 amide bonds. The number of pyridine rings is 1. The molecule has 0 bridgehead atoms. The van der Waals surface area contributed by atoms with Gasteiger partial charge in [-0.15, -0.1) is 0 Å². The number of carbonyl (C=O) groups is 2. The minimum atomic E-state index is -1.01. The second-order valence-electron chi connectivity index (χ2n) is 4.65. The topological polar surface area (TPSA) is 70.5 Å². The van der Waals surface area contributed by atoms with Gasteiger partial charge < -0.3 is 5.11 Å². The minimum absolute atomic E-state index is 0.159. The van der Waals surface area contributed by atoms with E-state index in [1.54, 1.807) is 42.7 Å². The Morgan fingerprint density at radius 3 is 2.43 bits per heavy atom. The fraction of sp³-hybridized carbons (Fsp3) is 0. The Morgan fingerprint density at radius 1 is 1.17 bits per heavy atom. The second-order valence-corrected chi connectivity index (χ2v) is 6.33. The highest BCUT2D eigenvalue weighted by Crippen LogP contribution is 2.35. The summed E-state index contributed by atoms with van der Waals surface area (Å²) in [5.41, 5.74) is 1.57. The number of carboxylic acid groups (broad SMARTS) is 1. The first-order chi connectivity index (χ1) is 11.1. The van der Waals surface area contributed by atoms with Crippen molar-refractivity contribution >= 4 is 51.9 Å². The molecule has 3 rings (SSSR count). The predicted octanol–water partition coefficient (Wildman–Crippen LogP) is 3.19. The molecule has 114 valence electrons. The third-order valence-corrected chi connectivity index (χ3v) is 4.47. The van der Waals surface area contributed by atoms with Gasteiger partial charge in [0.05, 0.1) is 16.2 Å². The quantitative estimate of drug-likeness (QED) is 0.682. The lowest BCUT2D eigenvalue weighted by Gasteiger charge is -2.14. The van der Waals surface area contributed by atoms with Gasteiger partial charge in [-0.2, -0.15) is 0 Å². The van der Waals surface area contributed by atoms with Gasteiger partial charge in [-0.25, -0.2) is 4.79 Å². The first-order valence-electron chi connectivity index (χ1n) is 6.57. The van der Waals surface area contributed by atoms with Crippen molar-refractivity contribution in [2.45, 2.75) is 0 Å². The van der Waals surface area contributed by atoms with Crippen LogP contribution >= 0.6 is 24.0 Å². The fourth-order valence-electron chi connectivity index (χ4n) is 2.05. The van der Waals surface area contributed by atoms with Crippen LogP contribution in [-0.4, -0.2) is 26.3 Å². The Bertz CT molecular complexity index is 817. The van der Waals surface area contributed by atoms with Crippen LogP contribution in [0.4, 0.5) is 5.69 Å². The van der Waals surface area contributed by atoms with Gasteiger partial charge in [0.25, 0.3) is 5.91 Å². The van der Waals surface area contributed by atoms with Gasteiger partial charge in [0.2, 0.25) is 0 Å². The van der Waals surface area contributed by atoms with Gasteiger partial charge in [-0.1, -0.05) is 24.0 Å². The van der Waals surface area contributed by atoms with Gasteiger partial charge in [-0.3, -0.25) is 14.7 Å². The molecule has 1 aliphatic heterocycles. The van der Waals surface area contributed by atoms with E-state index in [1.807, 2.05) is 0 Å². The maximum Gasteiger partial charge on any atom is 0.335 e. The standard InChI is InChI=1S/C16H10N2O3S2/c19-14-13(9-10-5-7-17-8-6-10)23-16(22)18(14)12-3-1-11(2-4-12)15(20)21/h1-9H,(H,20,21)/b13-9+. The number of aromatic carboxylic acids is 1. The monoisotopic (exact) mass is 342 g/mol. The number of carbonyl (C=O) groups excluding carboxylic acids is 1. The number of thioether (sulfide) groups is 1. The van der Waals surface area contributed by atoms with Crippen LogP contribution in [0, 0.1) is 0 Å². The smallest absolute Gasteiger partial charge is 0.335 e. The summed E-state index contributed by atoms with van der Waals surface area (Å²) in [4.78, 5) is 29.3. The van der Waals surface area contributed by atoms with Crippen molar-refractivity contribution in [2.24, 2.45) is 0 Å². The molecule has 0 spiro atoms. The number of benzene rings is 1. The average molecular weight is 342 g/mol. The summed E-state index contributed by atoms with van der Waals surface area (Å²) in [6, 6.07) is 9.64. The van der Waals surface area contributed by atoms with E-state index >= 15 is 0 Å². The van der Waals surface area contributed by atoms with E-state index < -0.39 is 5.97 Å². The van der Waals surface area contributed by atoms with Crippen LogP contribution in [-0.2, 0) is 4.79 Å². The lowest BCUT2D eigenvalue weighted by Crippen LogP contribution is -2.27. The highest BCUT2D eigenvalue weighted by molar-refractivity contribution is 8.27. The number of rotatable bonds is 3. The maximum atomic E-state index is 12.6. The number of anilines is 1. The van der Waals surface area contributed by atoms with Crippen LogP contribution in [0.1, 0.15) is 15.9 Å². The third-order valence-electron chi connectivity index (χ3n) is 3.17. The Morgan fingerprint density at radius 2 is 1.83 bits per heavy atom. The number of hydrogen-bond donors (Lipinski definition) is 1. The predicted molar refractivity (Wildman–Crippen MR) is 93.3 cm³/mol. The highest BCUT2D eigenvalue weighted by atomic mass is 32.2. The van der Waals surface area contributed by atoms with E-state index in [-0.39, 0.29) is 11.5 Å². The van der Waals surface area contributed by atoms with Crippen molar-refractivity contribution in [3.63, 3.8) is 0 Å². The molecule has 1 aliphatic rings. The van der Waals surface area contributed by atoms with Crippen molar-refractivity contribution < 1.29 is 14.7 Å². The largest absolute Gasteiger partial charge is 0.478 e. The van der Waals surface area contributed by atoms with Crippen molar-refractivity contribution in [1.82, 2.24) is 4.98 Å². The van der Waals surface area contributed by atoms with Gasteiger partial charge >= 0.3 is 5.97 Å². The van der Waals surface area contributed by atoms with Gasteiger partial charge in [0, 0.05) is 12.4 Å². The van der Waals surface area contributed by atoms with Gasteiger partial charge in [0.1, 0.15) is 0 Å². The molecular formula is C16H10N2O3S2. The number of aromatic nitrogens is 1. The first-order valence-corrected chi connectivity index (χ1v) is 7.80. The lowest BCUT2D eigenvalue weighted by molar-refractivity contribution is -0.113. The Labute approximate surface area is 141 Å². The Hall–Kier alpha value is -2.51. The molecule has 0 aliphatic carbocycles. The zero-order chi connectivity index (χ0) is 16.4. The Kier molecular flexibility index (Phi) is 4.22. The third kappa shape index (κ3) is 3.15. The van der Waals surface area contributed by atoms with Crippen LogP contribution in [0.2, 0.25) is 0 Å². The summed E-state index contributed by atoms with van der Waals surface area (Å²) in [6.07, 6.45) is 5.06. The van der Waals surface area contributed by atoms with Crippen LogP contribution < -0.4 is 4.90 Å². The fourth-order valence-corrected chi connectivity index (χ4v) is 3.35. The SMILES string of the molecule is O=C(O)c1ccc(N2C(=O)/C(=C\c3ccncc3)SC2=S)cc1. The van der Waals surface area contributed by atoms with Crippen molar-refractivity contribution in [1.29, 1.82) is 0 Å². The van der Waals surface area contributed by atoms with Gasteiger partial charge in [0.15, 0.2) is 4.32 Å². The van der Waals surface area contributed by atoms with Crippen LogP contribution in [0.5, 0.6) is 0 Å². The van der Waals surface area contributed by atoms with E-state index in [1.165, 1.54) is 28.8 Å². The lowest BCUT2D eigenvalue weighted by atomic mass is 10.2. The van der Waals surface area contributed by atoms with Crippen molar-refractivity contribution in [2.75, 3.05) is 4.90 Å². The minimum Gasteiger partial charge on any atom is -0.478 e. The number of thiocarbonyl (C=S) groups is 1. The summed E-state index contributed by atoms with van der Waals surface area (Å²) in [7, 11) is 0. The van der Waals surface area contributed by atoms with E-state index in [2.05, 4.69) is 4.98 Å². The maximum absolute atomic E-state index is 12.6. The Balaban J connectivity index is 1.90. The number of amides is 1. The van der Waals surface area contributed by atoms with E-state index in [4.69, 9.17) is 17.3 Å². The van der Waals surface area contributed by atoms with Crippen LogP contribution in [0.3, 0.4) is 0 Å². The molecule has 0 atom stereocenters. The molecule has 0 radical (unpaired) electrons. The summed E-state index contributed by atoms with van der Waals surface area (Å²) in [5, 5.41) is 8.93. The molecule has 0 unspecified atom stereocenters. The molecule has 1 fully saturated rings. The molecule has 1 saturated heterocycles. The normalized spacial score (nSPS) is 16.2. The van der Waals surface area contributed by atoms with Crippen molar-refractivity contribution in [3.8, 4) is 0 Å². The zero-order valence-corrected chi connectivity index (χ0v) is 13.3. The van der Waals surface area contributed by atoms with Crippen LogP contribution in [0.15, 0.2) is 53.7 Å². The molecule has 1 N–H and O–H groups in total. The highest BCUT2D eigenvalue weighted by Gasteiger charge is 2.33. The number of hydrogen-bond acceptors (Lipinski definition) is 5. The summed E-state index contributed by atoms with van der Waals surface area (Å²) < 4.78 is 0.415. The molecule has 7 heteroatoms.